The van der Waals surface area contributed by atoms with Crippen LogP contribution in [0.15, 0.2) is 24.3 Å². The average molecular weight is 318 g/mol. The molecule has 3 rings (SSSR count). The van der Waals surface area contributed by atoms with Gasteiger partial charge in [0, 0.05) is 32.4 Å². The monoisotopic (exact) mass is 318 g/mol. The topological polar surface area (TPSA) is 57.7 Å². The van der Waals surface area contributed by atoms with Crippen LogP contribution in [-0.4, -0.2) is 40.6 Å². The van der Waals surface area contributed by atoms with Crippen LogP contribution < -0.4 is 0 Å². The maximum absolute atomic E-state index is 13.0. The van der Waals surface area contributed by atoms with Gasteiger partial charge >= 0.3 is 0 Å². The van der Waals surface area contributed by atoms with E-state index >= 15 is 0 Å². The molecule has 6 heteroatoms. The minimum absolute atomic E-state index is 0.0481. The lowest BCUT2D eigenvalue weighted by Crippen LogP contribution is -2.36. The number of imide groups is 1. The molecule has 2 aliphatic heterocycles. The fourth-order valence-corrected chi connectivity index (χ4v) is 3.32. The molecule has 23 heavy (non-hydrogen) atoms. The van der Waals surface area contributed by atoms with Crippen LogP contribution in [0.3, 0.4) is 0 Å². The Hall–Kier alpha value is -2.24. The van der Waals surface area contributed by atoms with E-state index in [2.05, 4.69) is 0 Å². The van der Waals surface area contributed by atoms with Gasteiger partial charge < -0.3 is 4.90 Å². The van der Waals surface area contributed by atoms with Crippen molar-refractivity contribution in [1.82, 2.24) is 9.80 Å². The number of amides is 3. The minimum Gasteiger partial charge on any atom is -0.336 e. The summed E-state index contributed by atoms with van der Waals surface area (Å²) in [5.74, 6) is -0.751. The Morgan fingerprint density at radius 3 is 2.43 bits per heavy atom. The fourth-order valence-electron chi connectivity index (χ4n) is 3.32. The molecule has 0 radical (unpaired) electrons. The van der Waals surface area contributed by atoms with Crippen LogP contribution >= 0.6 is 0 Å². The lowest BCUT2D eigenvalue weighted by atomic mass is 10.0. The molecular weight excluding hydrogens is 299 g/mol. The highest BCUT2D eigenvalue weighted by Gasteiger charge is 2.32. The summed E-state index contributed by atoms with van der Waals surface area (Å²) in [4.78, 5) is 38.6. The van der Waals surface area contributed by atoms with E-state index in [1.54, 1.807) is 17.0 Å². The molecule has 0 saturated carbocycles. The number of nitrogens with zero attached hydrogens (tertiary/aromatic N) is 2. The largest absolute Gasteiger partial charge is 0.336 e. The van der Waals surface area contributed by atoms with E-state index in [9.17, 15) is 18.8 Å². The maximum Gasteiger partial charge on any atom is 0.229 e. The third-order valence-electron chi connectivity index (χ3n) is 4.53. The van der Waals surface area contributed by atoms with Gasteiger partial charge in [0.05, 0.1) is 6.04 Å². The molecule has 0 N–H and O–H groups in total. The van der Waals surface area contributed by atoms with Crippen molar-refractivity contribution in [2.45, 2.75) is 38.1 Å². The number of carbonyl (C=O) groups excluding carboxylic acids is 3. The Kier molecular flexibility index (Phi) is 4.41. The number of halogens is 1. The highest BCUT2D eigenvalue weighted by atomic mass is 19.1. The van der Waals surface area contributed by atoms with Gasteiger partial charge in [0.25, 0.3) is 0 Å². The fraction of sp³-hybridized carbons (Fsp3) is 0.471. The first-order chi connectivity index (χ1) is 11.1. The quantitative estimate of drug-likeness (QED) is 0.798. The summed E-state index contributed by atoms with van der Waals surface area (Å²) in [6, 6.07) is 6.17. The second-order valence-electron chi connectivity index (χ2n) is 5.99. The van der Waals surface area contributed by atoms with E-state index in [-0.39, 0.29) is 55.4 Å². The predicted octanol–water partition coefficient (Wildman–Crippen LogP) is 2.03. The molecule has 2 heterocycles. The van der Waals surface area contributed by atoms with Gasteiger partial charge in [-0.05, 0) is 30.5 Å². The molecule has 0 aromatic heterocycles. The normalized spacial score (nSPS) is 21.3. The van der Waals surface area contributed by atoms with Crippen molar-refractivity contribution in [3.8, 4) is 0 Å². The Balaban J connectivity index is 1.63. The summed E-state index contributed by atoms with van der Waals surface area (Å²) >= 11 is 0. The molecule has 1 aromatic carbocycles. The lowest BCUT2D eigenvalue weighted by Gasteiger charge is -2.26. The number of likely N-dealkylation sites (tertiary alicyclic amines) is 2. The Morgan fingerprint density at radius 1 is 1.13 bits per heavy atom. The number of hydrogen-bond acceptors (Lipinski definition) is 3. The van der Waals surface area contributed by atoms with Crippen molar-refractivity contribution in [2.75, 3.05) is 13.1 Å². The van der Waals surface area contributed by atoms with Crippen LogP contribution in [0.5, 0.6) is 0 Å². The Labute approximate surface area is 134 Å². The summed E-state index contributed by atoms with van der Waals surface area (Å²) in [5.41, 5.74) is 0.922. The molecule has 2 aliphatic rings. The number of carbonyl (C=O) groups is 3. The van der Waals surface area contributed by atoms with Gasteiger partial charge in [-0.15, -0.1) is 0 Å². The molecule has 5 nitrogen and oxygen atoms in total. The SMILES string of the molecule is O=C1CCC(=O)N1CCC(=O)N1CCCC1c1ccc(F)cc1. The van der Waals surface area contributed by atoms with Crippen molar-refractivity contribution >= 4 is 17.7 Å². The van der Waals surface area contributed by atoms with Gasteiger partial charge in [-0.2, -0.15) is 0 Å². The number of benzene rings is 1. The van der Waals surface area contributed by atoms with Crippen LogP contribution in [0, 0.1) is 5.82 Å². The second kappa shape index (κ2) is 6.48. The van der Waals surface area contributed by atoms with Crippen molar-refractivity contribution in [2.24, 2.45) is 0 Å². The molecular formula is C17H19FN2O3. The van der Waals surface area contributed by atoms with Crippen LogP contribution in [-0.2, 0) is 14.4 Å². The van der Waals surface area contributed by atoms with Gasteiger partial charge in [-0.25, -0.2) is 4.39 Å². The van der Waals surface area contributed by atoms with Crippen LogP contribution in [0.1, 0.15) is 43.7 Å². The first kappa shape index (κ1) is 15.6. The summed E-state index contributed by atoms with van der Waals surface area (Å²) in [7, 11) is 0. The zero-order chi connectivity index (χ0) is 16.4. The van der Waals surface area contributed by atoms with E-state index < -0.39 is 0 Å². The van der Waals surface area contributed by atoms with E-state index in [1.807, 2.05) is 0 Å². The minimum atomic E-state index is -0.296. The molecule has 1 atom stereocenters. The van der Waals surface area contributed by atoms with E-state index in [1.165, 1.54) is 17.0 Å². The van der Waals surface area contributed by atoms with Crippen molar-refractivity contribution in [3.63, 3.8) is 0 Å². The highest BCUT2D eigenvalue weighted by molar-refractivity contribution is 6.02. The predicted molar refractivity (Wildman–Crippen MR) is 80.7 cm³/mol. The van der Waals surface area contributed by atoms with Gasteiger partial charge in [0.15, 0.2) is 0 Å². The molecule has 1 aromatic rings. The third kappa shape index (κ3) is 3.25. The Morgan fingerprint density at radius 2 is 1.78 bits per heavy atom. The molecule has 3 amide bonds. The van der Waals surface area contributed by atoms with E-state index in [0.717, 1.165) is 18.4 Å². The highest BCUT2D eigenvalue weighted by Crippen LogP contribution is 2.32. The van der Waals surface area contributed by atoms with Gasteiger partial charge in [0.2, 0.25) is 17.7 Å². The molecule has 0 spiro atoms. The summed E-state index contributed by atoms with van der Waals surface area (Å²) in [6.45, 7) is 0.811. The standard InChI is InChI=1S/C17H19FN2O3/c18-13-5-3-12(4-6-13)14-2-1-10-19(14)17(23)9-11-20-15(21)7-8-16(20)22/h3-6,14H,1-2,7-11H2. The molecule has 0 bridgehead atoms. The van der Waals surface area contributed by atoms with Crippen LogP contribution in [0.2, 0.25) is 0 Å². The molecule has 2 saturated heterocycles. The third-order valence-corrected chi connectivity index (χ3v) is 4.53. The summed E-state index contributed by atoms with van der Waals surface area (Å²) < 4.78 is 13.0. The summed E-state index contributed by atoms with van der Waals surface area (Å²) in [6.07, 6.45) is 2.38. The maximum atomic E-state index is 13.0. The van der Waals surface area contributed by atoms with Crippen molar-refractivity contribution in [1.29, 1.82) is 0 Å². The van der Waals surface area contributed by atoms with Crippen molar-refractivity contribution in [3.05, 3.63) is 35.6 Å². The first-order valence-electron chi connectivity index (χ1n) is 7.94. The number of hydrogen-bond donors (Lipinski definition) is 0. The Bertz CT molecular complexity index is 613. The van der Waals surface area contributed by atoms with Gasteiger partial charge in [-0.1, -0.05) is 12.1 Å². The molecule has 1 unspecified atom stereocenters. The van der Waals surface area contributed by atoms with Gasteiger partial charge in [-0.3, -0.25) is 19.3 Å². The summed E-state index contributed by atoms with van der Waals surface area (Å²) in [5, 5.41) is 0. The lowest BCUT2D eigenvalue weighted by molar-refractivity contribution is -0.139. The van der Waals surface area contributed by atoms with E-state index in [4.69, 9.17) is 0 Å². The first-order valence-corrected chi connectivity index (χ1v) is 7.94. The zero-order valence-corrected chi connectivity index (χ0v) is 12.8. The van der Waals surface area contributed by atoms with Crippen LogP contribution in [0.25, 0.3) is 0 Å². The van der Waals surface area contributed by atoms with Crippen molar-refractivity contribution < 1.29 is 18.8 Å². The molecule has 2 fully saturated rings. The van der Waals surface area contributed by atoms with Gasteiger partial charge in [0.1, 0.15) is 5.82 Å². The smallest absolute Gasteiger partial charge is 0.229 e. The zero-order valence-electron chi connectivity index (χ0n) is 12.8. The molecule has 122 valence electrons. The molecule has 0 aliphatic carbocycles. The number of rotatable bonds is 4. The second-order valence-corrected chi connectivity index (χ2v) is 5.99. The van der Waals surface area contributed by atoms with Crippen LogP contribution in [0.4, 0.5) is 4.39 Å². The average Bonchev–Trinajstić information content (AvgIpc) is 3.14. The van der Waals surface area contributed by atoms with E-state index in [0.29, 0.717) is 6.54 Å².